The summed E-state index contributed by atoms with van der Waals surface area (Å²) in [5.41, 5.74) is 2.55. The predicted octanol–water partition coefficient (Wildman–Crippen LogP) is 6.87. The number of carbonyl (C=O) groups excluding carboxylic acids is 3. The number of benzene rings is 3. The van der Waals surface area contributed by atoms with Crippen LogP contribution in [-0.4, -0.2) is 53.9 Å². The number of rotatable bonds is 18. The minimum atomic E-state index is -1.34. The number of aryl methyl sites for hydroxylation is 1. The number of halogens is 4. The summed E-state index contributed by atoms with van der Waals surface area (Å²) in [5.74, 6) is -5.05. The third-order valence-corrected chi connectivity index (χ3v) is 8.83. The summed E-state index contributed by atoms with van der Waals surface area (Å²) >= 11 is 2.65. The van der Waals surface area contributed by atoms with Gasteiger partial charge in [-0.05, 0) is 122 Å². The van der Waals surface area contributed by atoms with Gasteiger partial charge in [-0.15, -0.1) is 0 Å². The number of hydrogen-bond acceptors (Lipinski definition) is 11. The van der Waals surface area contributed by atoms with Crippen molar-refractivity contribution in [2.24, 2.45) is 0 Å². The molecule has 0 saturated carbocycles. The smallest absolute Gasteiger partial charge is 0.348 e. The first-order chi connectivity index (χ1) is 24.8. The van der Waals surface area contributed by atoms with Gasteiger partial charge in [0.1, 0.15) is 11.5 Å². The standard InChI is InChI=1S/C33H34F3IN8O6S/c1-18-32(45(49)50)52-33(40-18)43-30(47)22-8-7-21(17-27(22)41-19(2)46)39-14-4-3-12-38-13-5-15-51-44-31(48)23-9-10-24(34)28(36)29(23)42-26-11-6-20(37)16-25(26)35/h6-11,16-17,38-39,42H,3-5,12-15H2,1-2H3,(H,41,46)(H,44,48)(H,40,43,47). The van der Waals surface area contributed by atoms with Crippen LogP contribution in [-0.2, 0) is 9.63 Å². The van der Waals surface area contributed by atoms with E-state index in [0.717, 1.165) is 36.3 Å². The van der Waals surface area contributed by atoms with E-state index < -0.39 is 39.9 Å². The molecule has 19 heteroatoms. The second-order valence-corrected chi connectivity index (χ2v) is 13.3. The largest absolute Gasteiger partial charge is 0.385 e. The zero-order valence-electron chi connectivity index (χ0n) is 27.8. The van der Waals surface area contributed by atoms with Gasteiger partial charge in [0, 0.05) is 22.7 Å². The van der Waals surface area contributed by atoms with Crippen LogP contribution < -0.4 is 32.1 Å². The lowest BCUT2D eigenvalue weighted by molar-refractivity contribution is -0.380. The molecular weight excluding hydrogens is 820 g/mol. The number of aromatic nitrogens is 1. The Morgan fingerprint density at radius 1 is 0.904 bits per heavy atom. The van der Waals surface area contributed by atoms with Crippen molar-refractivity contribution in [2.75, 3.05) is 47.5 Å². The van der Waals surface area contributed by atoms with Crippen LogP contribution in [0.2, 0.25) is 0 Å². The summed E-state index contributed by atoms with van der Waals surface area (Å²) in [7, 11) is 0. The molecule has 0 atom stereocenters. The fraction of sp³-hybridized carbons (Fsp3) is 0.273. The molecule has 276 valence electrons. The summed E-state index contributed by atoms with van der Waals surface area (Å²) < 4.78 is 43.4. The first-order valence-corrected chi connectivity index (χ1v) is 17.6. The zero-order chi connectivity index (χ0) is 37.8. The number of hydrogen-bond donors (Lipinski definition) is 6. The van der Waals surface area contributed by atoms with Gasteiger partial charge < -0.3 is 21.3 Å². The average molecular weight is 855 g/mol. The van der Waals surface area contributed by atoms with Crippen LogP contribution in [0, 0.1) is 38.1 Å². The first-order valence-electron chi connectivity index (χ1n) is 15.8. The Morgan fingerprint density at radius 2 is 1.63 bits per heavy atom. The van der Waals surface area contributed by atoms with Gasteiger partial charge in [0.2, 0.25) is 5.91 Å². The number of carbonyl (C=O) groups is 3. The minimum Gasteiger partial charge on any atom is -0.385 e. The summed E-state index contributed by atoms with van der Waals surface area (Å²) in [5, 5.41) is 25.1. The molecule has 1 aromatic heterocycles. The third-order valence-electron chi connectivity index (χ3n) is 7.14. The quantitative estimate of drug-likeness (QED) is 0.0267. The molecule has 4 aromatic rings. The van der Waals surface area contributed by atoms with Crippen molar-refractivity contribution in [3.05, 3.63) is 96.5 Å². The van der Waals surface area contributed by atoms with E-state index in [0.29, 0.717) is 35.3 Å². The van der Waals surface area contributed by atoms with E-state index in [2.05, 4.69) is 37.0 Å². The van der Waals surface area contributed by atoms with Gasteiger partial charge in [-0.3, -0.25) is 34.7 Å². The fourth-order valence-electron chi connectivity index (χ4n) is 4.68. The van der Waals surface area contributed by atoms with Gasteiger partial charge >= 0.3 is 5.00 Å². The van der Waals surface area contributed by atoms with Crippen molar-refractivity contribution >= 4 is 84.5 Å². The van der Waals surface area contributed by atoms with Crippen molar-refractivity contribution in [3.63, 3.8) is 0 Å². The molecule has 0 aliphatic carbocycles. The lowest BCUT2D eigenvalue weighted by Crippen LogP contribution is -2.27. The molecule has 3 amide bonds. The minimum absolute atomic E-state index is 0.0679. The number of amides is 3. The molecule has 0 aliphatic rings. The van der Waals surface area contributed by atoms with Crippen LogP contribution in [0.4, 0.5) is 46.1 Å². The van der Waals surface area contributed by atoms with Crippen LogP contribution in [0.15, 0.2) is 48.5 Å². The Hall–Kier alpha value is -4.86. The molecular formula is C33H34F3IN8O6S. The highest BCUT2D eigenvalue weighted by Gasteiger charge is 2.22. The second-order valence-electron chi connectivity index (χ2n) is 11.1. The Morgan fingerprint density at radius 3 is 2.35 bits per heavy atom. The number of anilines is 5. The molecule has 3 aromatic carbocycles. The maximum Gasteiger partial charge on any atom is 0.348 e. The SMILES string of the molecule is CC(=O)Nc1cc(NCCCCNCCCONC(=O)c2ccc(F)c(F)c2Nc2ccc(I)cc2F)ccc1C(=O)Nc1nc(C)c([N+](=O)[O-])s1. The number of thiazole rings is 1. The van der Waals surface area contributed by atoms with Gasteiger partial charge in [0.05, 0.1) is 39.7 Å². The molecule has 0 radical (unpaired) electrons. The normalized spacial score (nSPS) is 10.8. The van der Waals surface area contributed by atoms with Crippen LogP contribution in [0.25, 0.3) is 0 Å². The Labute approximate surface area is 313 Å². The molecule has 14 nitrogen and oxygen atoms in total. The molecule has 0 bridgehead atoms. The highest BCUT2D eigenvalue weighted by atomic mass is 127. The average Bonchev–Trinajstić information content (AvgIpc) is 3.46. The predicted molar refractivity (Wildman–Crippen MR) is 200 cm³/mol. The zero-order valence-corrected chi connectivity index (χ0v) is 30.8. The first kappa shape index (κ1) is 39.9. The van der Waals surface area contributed by atoms with Gasteiger partial charge in [0.25, 0.3) is 11.8 Å². The molecule has 0 fully saturated rings. The van der Waals surface area contributed by atoms with Gasteiger partial charge in [-0.2, -0.15) is 0 Å². The van der Waals surface area contributed by atoms with E-state index in [1.807, 2.05) is 22.6 Å². The molecule has 6 N–H and O–H groups in total. The van der Waals surface area contributed by atoms with Gasteiger partial charge in [-0.25, -0.2) is 23.6 Å². The summed E-state index contributed by atoms with van der Waals surface area (Å²) in [6.07, 6.45) is 2.13. The van der Waals surface area contributed by atoms with Crippen LogP contribution >= 0.6 is 33.9 Å². The van der Waals surface area contributed by atoms with Crippen LogP contribution in [0.3, 0.4) is 0 Å². The van der Waals surface area contributed by atoms with E-state index in [1.165, 1.54) is 32.0 Å². The maximum absolute atomic E-state index is 14.6. The van der Waals surface area contributed by atoms with Crippen molar-refractivity contribution < 1.29 is 37.3 Å². The number of hydroxylamine groups is 1. The van der Waals surface area contributed by atoms with E-state index in [-0.39, 0.29) is 50.8 Å². The molecule has 0 spiro atoms. The topological polar surface area (TPSA) is 189 Å². The van der Waals surface area contributed by atoms with Crippen molar-refractivity contribution in [1.29, 1.82) is 0 Å². The highest BCUT2D eigenvalue weighted by Crippen LogP contribution is 2.31. The van der Waals surface area contributed by atoms with E-state index in [1.54, 1.807) is 18.2 Å². The number of nitro groups is 1. The Balaban J connectivity index is 1.15. The number of nitrogens with one attached hydrogen (secondary N) is 6. The summed E-state index contributed by atoms with van der Waals surface area (Å²) in [6, 6.07) is 10.8. The number of nitrogens with zero attached hydrogens (tertiary/aromatic N) is 2. The summed E-state index contributed by atoms with van der Waals surface area (Å²) in [4.78, 5) is 57.1. The summed E-state index contributed by atoms with van der Waals surface area (Å²) in [6.45, 7) is 4.78. The molecule has 1 heterocycles. The van der Waals surface area contributed by atoms with Crippen LogP contribution in [0.1, 0.15) is 52.6 Å². The Kier molecular flexibility index (Phi) is 14.7. The Bertz CT molecular complexity index is 1950. The van der Waals surface area contributed by atoms with Crippen molar-refractivity contribution in [3.8, 4) is 0 Å². The third kappa shape index (κ3) is 11.3. The second kappa shape index (κ2) is 19.1. The van der Waals surface area contributed by atoms with Crippen molar-refractivity contribution in [2.45, 2.75) is 33.1 Å². The molecule has 0 unspecified atom stereocenters. The van der Waals surface area contributed by atoms with E-state index in [4.69, 9.17) is 4.84 Å². The fourth-order valence-corrected chi connectivity index (χ4v) is 5.91. The van der Waals surface area contributed by atoms with E-state index >= 15 is 0 Å². The van der Waals surface area contributed by atoms with Crippen LogP contribution in [0.5, 0.6) is 0 Å². The van der Waals surface area contributed by atoms with Crippen molar-refractivity contribution in [1.82, 2.24) is 15.8 Å². The number of unbranched alkanes of at least 4 members (excludes halogenated alkanes) is 1. The molecule has 0 saturated heterocycles. The monoisotopic (exact) mass is 854 g/mol. The maximum atomic E-state index is 14.6. The highest BCUT2D eigenvalue weighted by molar-refractivity contribution is 14.1. The lowest BCUT2D eigenvalue weighted by atomic mass is 10.1. The molecule has 4 rings (SSSR count). The van der Waals surface area contributed by atoms with Gasteiger partial charge in [0.15, 0.2) is 16.8 Å². The lowest BCUT2D eigenvalue weighted by Gasteiger charge is -2.14. The van der Waals surface area contributed by atoms with Gasteiger partial charge in [-0.1, -0.05) is 0 Å². The molecule has 52 heavy (non-hydrogen) atoms. The molecule has 0 aliphatic heterocycles. The van der Waals surface area contributed by atoms with E-state index in [9.17, 15) is 37.7 Å².